The SMILES string of the molecule is NC1N=Cc2nc3n(c2N1)C1(C=N3)CCOCC1. The van der Waals surface area contributed by atoms with E-state index in [-0.39, 0.29) is 5.54 Å². The summed E-state index contributed by atoms with van der Waals surface area (Å²) in [7, 11) is 0. The number of nitrogens with one attached hydrogen (secondary N) is 1. The zero-order chi connectivity index (χ0) is 12.2. The van der Waals surface area contributed by atoms with Gasteiger partial charge in [0.05, 0.1) is 11.8 Å². The third-order valence-electron chi connectivity index (χ3n) is 3.75. The van der Waals surface area contributed by atoms with E-state index >= 15 is 0 Å². The van der Waals surface area contributed by atoms with Crippen LogP contribution in [-0.4, -0.2) is 41.5 Å². The molecule has 1 unspecified atom stereocenters. The van der Waals surface area contributed by atoms with Gasteiger partial charge in [0, 0.05) is 19.4 Å². The summed E-state index contributed by atoms with van der Waals surface area (Å²) in [5.41, 5.74) is 6.51. The van der Waals surface area contributed by atoms with Crippen LogP contribution in [0.15, 0.2) is 9.98 Å². The first-order valence-corrected chi connectivity index (χ1v) is 6.10. The minimum Gasteiger partial charge on any atom is -0.381 e. The highest BCUT2D eigenvalue weighted by Gasteiger charge is 2.41. The monoisotopic (exact) mass is 246 g/mol. The van der Waals surface area contributed by atoms with Crippen molar-refractivity contribution < 1.29 is 4.74 Å². The molecule has 4 heterocycles. The maximum atomic E-state index is 5.81. The number of hydrogen-bond acceptors (Lipinski definition) is 6. The van der Waals surface area contributed by atoms with Gasteiger partial charge in [-0.15, -0.1) is 0 Å². The molecule has 18 heavy (non-hydrogen) atoms. The smallest absolute Gasteiger partial charge is 0.232 e. The number of imidazole rings is 1. The average Bonchev–Trinajstić information content (AvgIpc) is 2.90. The Morgan fingerprint density at radius 3 is 3.11 bits per heavy atom. The summed E-state index contributed by atoms with van der Waals surface area (Å²) in [4.78, 5) is 13.0. The van der Waals surface area contributed by atoms with Gasteiger partial charge in [0.2, 0.25) is 5.95 Å². The molecule has 3 aliphatic heterocycles. The van der Waals surface area contributed by atoms with E-state index in [0.717, 1.165) is 43.5 Å². The first-order chi connectivity index (χ1) is 8.78. The van der Waals surface area contributed by atoms with Gasteiger partial charge in [-0.05, 0) is 12.8 Å². The number of ether oxygens (including phenoxy) is 1. The zero-order valence-corrected chi connectivity index (χ0v) is 9.83. The Balaban J connectivity index is 1.86. The van der Waals surface area contributed by atoms with Gasteiger partial charge in [0.15, 0.2) is 6.29 Å². The van der Waals surface area contributed by atoms with Crippen LogP contribution in [0.25, 0.3) is 0 Å². The lowest BCUT2D eigenvalue weighted by atomic mass is 9.91. The predicted molar refractivity (Wildman–Crippen MR) is 67.6 cm³/mol. The van der Waals surface area contributed by atoms with Gasteiger partial charge < -0.3 is 10.1 Å². The molecule has 1 spiro atoms. The third-order valence-corrected chi connectivity index (χ3v) is 3.75. The molecule has 7 nitrogen and oxygen atoms in total. The number of rotatable bonds is 0. The highest BCUT2D eigenvalue weighted by Crippen LogP contribution is 2.41. The molecule has 1 aromatic rings. The summed E-state index contributed by atoms with van der Waals surface area (Å²) in [6, 6.07) is 0. The molecule has 94 valence electrons. The van der Waals surface area contributed by atoms with Crippen LogP contribution >= 0.6 is 0 Å². The summed E-state index contributed by atoms with van der Waals surface area (Å²) in [6.45, 7) is 1.50. The van der Waals surface area contributed by atoms with E-state index in [1.165, 1.54) is 0 Å². The van der Waals surface area contributed by atoms with Gasteiger partial charge in [-0.1, -0.05) is 0 Å². The van der Waals surface area contributed by atoms with Crippen molar-refractivity contribution >= 4 is 24.2 Å². The van der Waals surface area contributed by atoms with Crippen molar-refractivity contribution in [3.63, 3.8) is 0 Å². The van der Waals surface area contributed by atoms with E-state index in [2.05, 4.69) is 24.9 Å². The molecular weight excluding hydrogens is 232 g/mol. The largest absolute Gasteiger partial charge is 0.381 e. The molecule has 0 aliphatic carbocycles. The van der Waals surface area contributed by atoms with E-state index in [4.69, 9.17) is 10.5 Å². The summed E-state index contributed by atoms with van der Waals surface area (Å²) in [5, 5.41) is 3.17. The van der Waals surface area contributed by atoms with Gasteiger partial charge in [0.25, 0.3) is 0 Å². The number of aromatic nitrogens is 2. The molecule has 1 atom stereocenters. The Hall–Kier alpha value is -1.73. The van der Waals surface area contributed by atoms with Crippen molar-refractivity contribution in [1.29, 1.82) is 0 Å². The van der Waals surface area contributed by atoms with Crippen molar-refractivity contribution in [3.8, 4) is 0 Å². The fourth-order valence-electron chi connectivity index (χ4n) is 2.80. The number of anilines is 1. The molecule has 1 saturated heterocycles. The van der Waals surface area contributed by atoms with Gasteiger partial charge in [0.1, 0.15) is 11.5 Å². The van der Waals surface area contributed by atoms with Crippen LogP contribution in [-0.2, 0) is 10.3 Å². The summed E-state index contributed by atoms with van der Waals surface area (Å²) >= 11 is 0. The minimum absolute atomic E-state index is 0.105. The normalized spacial score (nSPS) is 27.1. The molecule has 3 aliphatic rings. The molecule has 0 saturated carbocycles. The highest BCUT2D eigenvalue weighted by atomic mass is 16.5. The molecule has 7 heteroatoms. The maximum Gasteiger partial charge on any atom is 0.232 e. The highest BCUT2D eigenvalue weighted by molar-refractivity contribution is 5.90. The molecular formula is C11H14N6O. The Labute approximate surface area is 104 Å². The number of fused-ring (bicyclic) bond motifs is 4. The van der Waals surface area contributed by atoms with Crippen molar-refractivity contribution in [2.45, 2.75) is 24.7 Å². The second-order valence-corrected chi connectivity index (χ2v) is 4.82. The fraction of sp³-hybridized carbons (Fsp3) is 0.545. The molecule has 1 aromatic heterocycles. The van der Waals surface area contributed by atoms with Crippen LogP contribution in [0.3, 0.4) is 0 Å². The van der Waals surface area contributed by atoms with E-state index in [0.29, 0.717) is 0 Å². The molecule has 3 N–H and O–H groups in total. The number of nitrogens with zero attached hydrogens (tertiary/aromatic N) is 4. The van der Waals surface area contributed by atoms with Crippen LogP contribution in [0.5, 0.6) is 0 Å². The standard InChI is InChI=1S/C11H14N6O/c12-9-13-5-7-8(16-9)17-10(15-7)14-6-11(17)1-3-18-4-2-11/h5-6,9,16H,1-4,12H2. The van der Waals surface area contributed by atoms with Crippen molar-refractivity contribution in [3.05, 3.63) is 5.69 Å². The van der Waals surface area contributed by atoms with Crippen LogP contribution in [0.2, 0.25) is 0 Å². The topological polar surface area (TPSA) is 89.8 Å². The Morgan fingerprint density at radius 1 is 1.44 bits per heavy atom. The Bertz CT molecular complexity index is 554. The number of hydrogen-bond donors (Lipinski definition) is 2. The second-order valence-electron chi connectivity index (χ2n) is 4.82. The Morgan fingerprint density at radius 2 is 2.28 bits per heavy atom. The molecule has 0 radical (unpaired) electrons. The zero-order valence-electron chi connectivity index (χ0n) is 9.83. The quantitative estimate of drug-likeness (QED) is 0.684. The van der Waals surface area contributed by atoms with Crippen molar-refractivity contribution in [2.75, 3.05) is 18.5 Å². The van der Waals surface area contributed by atoms with Crippen LogP contribution < -0.4 is 11.1 Å². The van der Waals surface area contributed by atoms with E-state index in [9.17, 15) is 0 Å². The first-order valence-electron chi connectivity index (χ1n) is 6.10. The fourth-order valence-corrected chi connectivity index (χ4v) is 2.80. The first kappa shape index (κ1) is 10.2. The molecule has 0 aromatic carbocycles. The third kappa shape index (κ3) is 1.23. The number of aliphatic imine (C=N–C) groups is 2. The molecule has 4 rings (SSSR count). The van der Waals surface area contributed by atoms with E-state index in [1.54, 1.807) is 6.21 Å². The van der Waals surface area contributed by atoms with Gasteiger partial charge in [-0.3, -0.25) is 15.3 Å². The lowest BCUT2D eigenvalue weighted by molar-refractivity contribution is 0.0541. The molecule has 1 fully saturated rings. The van der Waals surface area contributed by atoms with E-state index in [1.807, 2.05) is 6.21 Å². The van der Waals surface area contributed by atoms with Gasteiger partial charge >= 0.3 is 0 Å². The van der Waals surface area contributed by atoms with Crippen LogP contribution in [0.4, 0.5) is 11.8 Å². The summed E-state index contributed by atoms with van der Waals surface area (Å²) < 4.78 is 7.59. The molecule has 0 amide bonds. The lowest BCUT2D eigenvalue weighted by Gasteiger charge is -2.34. The van der Waals surface area contributed by atoms with Gasteiger partial charge in [-0.2, -0.15) is 0 Å². The maximum absolute atomic E-state index is 5.81. The van der Waals surface area contributed by atoms with Crippen LogP contribution in [0, 0.1) is 0 Å². The molecule has 0 bridgehead atoms. The van der Waals surface area contributed by atoms with Crippen molar-refractivity contribution in [1.82, 2.24) is 9.55 Å². The van der Waals surface area contributed by atoms with E-state index < -0.39 is 6.29 Å². The Kier molecular flexibility index (Phi) is 1.93. The van der Waals surface area contributed by atoms with Gasteiger partial charge in [-0.25, -0.2) is 9.98 Å². The predicted octanol–water partition coefficient (Wildman–Crippen LogP) is 0.191. The summed E-state index contributed by atoms with van der Waals surface area (Å²) in [6.07, 6.45) is 5.14. The lowest BCUT2D eigenvalue weighted by Crippen LogP contribution is -2.41. The van der Waals surface area contributed by atoms with Crippen molar-refractivity contribution in [2.24, 2.45) is 15.7 Å². The minimum atomic E-state index is -0.407. The second kappa shape index (κ2) is 3.39. The number of nitrogens with two attached hydrogens (primary N) is 1. The average molecular weight is 246 g/mol. The van der Waals surface area contributed by atoms with Crippen LogP contribution in [0.1, 0.15) is 18.5 Å². The summed E-state index contributed by atoms with van der Waals surface area (Å²) in [5.74, 6) is 1.65.